The Balaban J connectivity index is 1.57. The van der Waals surface area contributed by atoms with Gasteiger partial charge in [0, 0.05) is 5.56 Å². The van der Waals surface area contributed by atoms with E-state index in [1.807, 2.05) is 6.92 Å². The second kappa shape index (κ2) is 8.85. The van der Waals surface area contributed by atoms with Crippen molar-refractivity contribution in [2.75, 3.05) is 13.2 Å². The van der Waals surface area contributed by atoms with Crippen molar-refractivity contribution in [1.29, 1.82) is 0 Å². The Labute approximate surface area is 175 Å². The number of amides is 3. The van der Waals surface area contributed by atoms with Crippen LogP contribution in [0.5, 0.6) is 5.75 Å². The van der Waals surface area contributed by atoms with Gasteiger partial charge in [-0.3, -0.25) is 19.3 Å². The van der Waals surface area contributed by atoms with Crippen molar-refractivity contribution in [3.63, 3.8) is 0 Å². The lowest BCUT2D eigenvalue weighted by atomic mass is 9.77. The molecule has 2 aliphatic rings. The number of rotatable bonds is 7. The molecule has 1 aliphatic carbocycles. The number of urea groups is 1. The number of esters is 1. The molecule has 1 atom stereocenters. The maximum absolute atomic E-state index is 12.8. The Morgan fingerprint density at radius 2 is 1.83 bits per heavy atom. The van der Waals surface area contributed by atoms with Crippen molar-refractivity contribution in [2.45, 2.75) is 58.1 Å². The first-order valence-electron chi connectivity index (χ1n) is 10.4. The first kappa shape index (κ1) is 21.8. The molecule has 0 bridgehead atoms. The first-order valence-corrected chi connectivity index (χ1v) is 10.4. The molecule has 1 N–H and O–H groups in total. The Morgan fingerprint density at radius 1 is 1.20 bits per heavy atom. The molecule has 30 heavy (non-hydrogen) atoms. The molecule has 8 nitrogen and oxygen atoms in total. The summed E-state index contributed by atoms with van der Waals surface area (Å²) in [5.41, 5.74) is -0.530. The van der Waals surface area contributed by atoms with Gasteiger partial charge in [-0.2, -0.15) is 0 Å². The molecular weight excluding hydrogens is 388 g/mol. The fourth-order valence-corrected chi connectivity index (χ4v) is 3.95. The number of hydrogen-bond acceptors (Lipinski definition) is 6. The van der Waals surface area contributed by atoms with E-state index in [0.29, 0.717) is 36.7 Å². The molecule has 8 heteroatoms. The van der Waals surface area contributed by atoms with Crippen molar-refractivity contribution in [3.05, 3.63) is 29.8 Å². The summed E-state index contributed by atoms with van der Waals surface area (Å²) >= 11 is 0. The lowest BCUT2D eigenvalue weighted by molar-refractivity contribution is -0.150. The number of ether oxygens (including phenoxy) is 2. The minimum atomic E-state index is -1.04. The number of ketones is 1. The normalized spacial score (nSPS) is 24.5. The minimum Gasteiger partial charge on any atom is -0.494 e. The number of hydrogen-bond donors (Lipinski definition) is 1. The van der Waals surface area contributed by atoms with E-state index in [9.17, 15) is 19.2 Å². The molecule has 1 spiro atoms. The van der Waals surface area contributed by atoms with Crippen molar-refractivity contribution in [3.8, 4) is 5.75 Å². The summed E-state index contributed by atoms with van der Waals surface area (Å²) in [6.45, 7) is 5.45. The van der Waals surface area contributed by atoms with Gasteiger partial charge in [-0.1, -0.05) is 6.92 Å². The lowest BCUT2D eigenvalue weighted by Gasteiger charge is -2.33. The van der Waals surface area contributed by atoms with E-state index in [0.717, 1.165) is 17.7 Å². The van der Waals surface area contributed by atoms with Gasteiger partial charge in [-0.15, -0.1) is 0 Å². The van der Waals surface area contributed by atoms with E-state index in [2.05, 4.69) is 12.2 Å². The summed E-state index contributed by atoms with van der Waals surface area (Å²) in [6, 6.07) is 5.95. The van der Waals surface area contributed by atoms with Crippen LogP contribution in [0.25, 0.3) is 0 Å². The van der Waals surface area contributed by atoms with Gasteiger partial charge in [0.15, 0.2) is 6.10 Å². The maximum Gasteiger partial charge on any atom is 0.326 e. The van der Waals surface area contributed by atoms with Crippen LogP contribution in [0.3, 0.4) is 0 Å². The van der Waals surface area contributed by atoms with Gasteiger partial charge in [-0.25, -0.2) is 4.79 Å². The third-order valence-corrected chi connectivity index (χ3v) is 5.79. The summed E-state index contributed by atoms with van der Waals surface area (Å²) in [5.74, 6) is -0.410. The number of carbonyl (C=O) groups is 4. The molecule has 1 aliphatic heterocycles. The van der Waals surface area contributed by atoms with Gasteiger partial charge >= 0.3 is 12.0 Å². The molecule has 1 heterocycles. The topological polar surface area (TPSA) is 102 Å². The van der Waals surface area contributed by atoms with Crippen LogP contribution in [-0.4, -0.2) is 53.4 Å². The van der Waals surface area contributed by atoms with Crippen LogP contribution in [0.1, 0.15) is 56.8 Å². The molecule has 0 unspecified atom stereocenters. The highest BCUT2D eigenvalue weighted by Gasteiger charge is 2.52. The zero-order chi connectivity index (χ0) is 21.9. The maximum atomic E-state index is 12.8. The monoisotopic (exact) mass is 416 g/mol. The number of imide groups is 1. The van der Waals surface area contributed by atoms with Crippen LogP contribution in [-0.2, 0) is 14.3 Å². The zero-order valence-corrected chi connectivity index (χ0v) is 17.6. The standard InChI is InChI=1S/C22H28N2O6/c1-4-29-17-7-5-16(6-8-17)19(26)15(3)30-18(25)13-24-20(27)22(23-21(24)28)11-9-14(2)10-12-22/h5-8,14-15H,4,9-13H2,1-3H3,(H,23,28)/t14?,15-,22?/m0/s1. The molecule has 1 saturated heterocycles. The molecule has 3 amide bonds. The van der Waals surface area contributed by atoms with Crippen molar-refractivity contribution >= 4 is 23.7 Å². The van der Waals surface area contributed by atoms with Crippen LogP contribution in [0.2, 0.25) is 0 Å². The molecule has 1 aromatic carbocycles. The predicted octanol–water partition coefficient (Wildman–Crippen LogP) is 2.70. The Morgan fingerprint density at radius 3 is 2.43 bits per heavy atom. The molecule has 1 saturated carbocycles. The second-order valence-corrected chi connectivity index (χ2v) is 8.04. The molecule has 1 aromatic rings. The number of nitrogens with one attached hydrogen (secondary N) is 1. The van der Waals surface area contributed by atoms with Crippen LogP contribution in [0.15, 0.2) is 24.3 Å². The zero-order valence-electron chi connectivity index (χ0n) is 17.6. The van der Waals surface area contributed by atoms with E-state index in [-0.39, 0.29) is 11.7 Å². The van der Waals surface area contributed by atoms with Gasteiger partial charge in [0.1, 0.15) is 17.8 Å². The average Bonchev–Trinajstić information content (AvgIpc) is 2.94. The molecule has 3 rings (SSSR count). The van der Waals surface area contributed by atoms with Gasteiger partial charge in [0.25, 0.3) is 5.91 Å². The Hall–Kier alpha value is -2.90. The number of nitrogens with zero attached hydrogens (tertiary/aromatic N) is 1. The summed E-state index contributed by atoms with van der Waals surface area (Å²) in [7, 11) is 0. The van der Waals surface area contributed by atoms with Crippen LogP contribution in [0.4, 0.5) is 4.79 Å². The molecular formula is C22H28N2O6. The number of Topliss-reactive ketones (excluding diaryl/α,β-unsaturated/α-hetero) is 1. The van der Waals surface area contributed by atoms with Gasteiger partial charge < -0.3 is 14.8 Å². The average molecular weight is 416 g/mol. The van der Waals surface area contributed by atoms with Crippen molar-refractivity contribution in [2.24, 2.45) is 5.92 Å². The van der Waals surface area contributed by atoms with Crippen LogP contribution < -0.4 is 10.1 Å². The number of benzene rings is 1. The Kier molecular flexibility index (Phi) is 6.43. The third-order valence-electron chi connectivity index (χ3n) is 5.79. The third kappa shape index (κ3) is 4.47. The second-order valence-electron chi connectivity index (χ2n) is 8.04. The highest BCUT2D eigenvalue weighted by Crippen LogP contribution is 2.36. The molecule has 2 fully saturated rings. The summed E-state index contributed by atoms with van der Waals surface area (Å²) in [5, 5.41) is 2.76. The number of carbonyl (C=O) groups excluding carboxylic acids is 4. The molecule has 0 aromatic heterocycles. The van der Waals surface area contributed by atoms with E-state index >= 15 is 0 Å². The van der Waals surface area contributed by atoms with E-state index < -0.39 is 30.2 Å². The fourth-order valence-electron chi connectivity index (χ4n) is 3.95. The van der Waals surface area contributed by atoms with E-state index in [4.69, 9.17) is 9.47 Å². The van der Waals surface area contributed by atoms with Crippen LogP contribution >= 0.6 is 0 Å². The van der Waals surface area contributed by atoms with E-state index in [1.165, 1.54) is 6.92 Å². The highest BCUT2D eigenvalue weighted by atomic mass is 16.5. The summed E-state index contributed by atoms with van der Waals surface area (Å²) in [6.07, 6.45) is 1.78. The van der Waals surface area contributed by atoms with Crippen molar-refractivity contribution < 1.29 is 28.7 Å². The first-order chi connectivity index (χ1) is 14.3. The SMILES string of the molecule is CCOc1ccc(C(=O)[C@H](C)OC(=O)CN2C(=O)NC3(CCC(C)CC3)C2=O)cc1. The smallest absolute Gasteiger partial charge is 0.326 e. The lowest BCUT2D eigenvalue weighted by Crippen LogP contribution is -2.49. The van der Waals surface area contributed by atoms with Crippen LogP contribution in [0, 0.1) is 5.92 Å². The fraction of sp³-hybridized carbons (Fsp3) is 0.545. The quantitative estimate of drug-likeness (QED) is 0.417. The van der Waals surface area contributed by atoms with Gasteiger partial charge in [-0.05, 0) is 69.7 Å². The largest absolute Gasteiger partial charge is 0.494 e. The van der Waals surface area contributed by atoms with Crippen molar-refractivity contribution in [1.82, 2.24) is 10.2 Å². The van der Waals surface area contributed by atoms with Gasteiger partial charge in [0.05, 0.1) is 6.61 Å². The van der Waals surface area contributed by atoms with E-state index in [1.54, 1.807) is 24.3 Å². The molecule has 162 valence electrons. The molecule has 0 radical (unpaired) electrons. The summed E-state index contributed by atoms with van der Waals surface area (Å²) < 4.78 is 10.5. The van der Waals surface area contributed by atoms with Gasteiger partial charge in [0.2, 0.25) is 5.78 Å². The Bertz CT molecular complexity index is 827. The predicted molar refractivity (Wildman–Crippen MR) is 108 cm³/mol. The minimum absolute atomic E-state index is 0.374. The summed E-state index contributed by atoms with van der Waals surface area (Å²) in [4.78, 5) is 50.9. The highest BCUT2D eigenvalue weighted by molar-refractivity contribution is 6.09.